The van der Waals surface area contributed by atoms with Crippen molar-refractivity contribution in [3.05, 3.63) is 47.6 Å². The summed E-state index contributed by atoms with van der Waals surface area (Å²) in [4.78, 5) is 44.7. The van der Waals surface area contributed by atoms with Crippen LogP contribution in [0.25, 0.3) is 0 Å². The molecule has 0 aromatic carbocycles. The van der Waals surface area contributed by atoms with Crippen LogP contribution in [-0.2, 0) is 4.79 Å². The van der Waals surface area contributed by atoms with E-state index in [1.165, 1.54) is 36.4 Å². The molecule has 33 heavy (non-hydrogen) atoms. The first-order valence-electron chi connectivity index (χ1n) is 10.2. The lowest BCUT2D eigenvalue weighted by atomic mass is 10.1. The maximum Gasteiger partial charge on any atom is 0.405 e. The number of rotatable bonds is 4. The van der Waals surface area contributed by atoms with Crippen molar-refractivity contribution in [3.8, 4) is 0 Å². The van der Waals surface area contributed by atoms with E-state index in [0.717, 1.165) is 0 Å². The van der Waals surface area contributed by atoms with Crippen LogP contribution in [0.2, 0.25) is 0 Å². The van der Waals surface area contributed by atoms with Crippen molar-refractivity contribution in [1.29, 1.82) is 0 Å². The number of pyridine rings is 1. The van der Waals surface area contributed by atoms with E-state index in [1.54, 1.807) is 6.08 Å². The average Bonchev–Trinajstić information content (AvgIpc) is 3.20. The molecule has 2 atom stereocenters. The first-order chi connectivity index (χ1) is 15.7. The van der Waals surface area contributed by atoms with Gasteiger partial charge in [0, 0.05) is 26.3 Å². The molecule has 1 unspecified atom stereocenters. The summed E-state index contributed by atoms with van der Waals surface area (Å²) in [6.45, 7) is -0.157. The van der Waals surface area contributed by atoms with E-state index >= 15 is 0 Å². The molecule has 4 heterocycles. The topological polar surface area (TPSA) is 119 Å². The number of carbonyl (C=O) groups is 3. The van der Waals surface area contributed by atoms with Crippen LogP contribution in [0.15, 0.2) is 42.0 Å². The fourth-order valence-corrected chi connectivity index (χ4v) is 3.97. The normalized spacial score (nSPS) is 21.3. The van der Waals surface area contributed by atoms with Crippen LogP contribution in [-0.4, -0.2) is 77.6 Å². The number of allylic oxidation sites excluding steroid dienone is 1. The highest BCUT2D eigenvalue weighted by molar-refractivity contribution is 5.95. The van der Waals surface area contributed by atoms with Gasteiger partial charge in [-0.2, -0.15) is 13.2 Å². The van der Waals surface area contributed by atoms with Crippen molar-refractivity contribution in [1.82, 2.24) is 30.7 Å². The average molecular weight is 465 g/mol. The lowest BCUT2D eigenvalue weighted by molar-refractivity contribution is -0.138. The maximum absolute atomic E-state index is 13.1. The van der Waals surface area contributed by atoms with Crippen molar-refractivity contribution in [3.63, 3.8) is 0 Å². The standard InChI is InChI=1S/C20H22F3N7O3/c1-24-17(31)11-2-5-15(25-8-11)28-19(33)30-12-6-7-29(9-12)14-4-3-13(27-16(14)30)18(32)26-10-20(21,22)23/h2-5,8,12-13,27H,6-7,9-10H2,1H3,(H,24,31)(H,26,32)(H,25,28,33)/t12-,13?/m0/s1. The molecule has 1 aromatic heterocycles. The fraction of sp³-hybridized carbons (Fsp3) is 0.400. The molecular weight excluding hydrogens is 443 g/mol. The Kier molecular flexibility index (Phi) is 5.87. The molecule has 176 valence electrons. The molecule has 0 saturated carbocycles. The number of nitrogens with zero attached hydrogens (tertiary/aromatic N) is 3. The summed E-state index contributed by atoms with van der Waals surface area (Å²) in [5.74, 6) is -0.598. The van der Waals surface area contributed by atoms with E-state index in [4.69, 9.17) is 0 Å². The van der Waals surface area contributed by atoms with Crippen LogP contribution >= 0.6 is 0 Å². The Morgan fingerprint density at radius 1 is 1.27 bits per heavy atom. The summed E-state index contributed by atoms with van der Waals surface area (Å²) in [6, 6.07) is 1.25. The molecule has 3 aliphatic heterocycles. The van der Waals surface area contributed by atoms with Gasteiger partial charge in [0.15, 0.2) is 0 Å². The molecular formula is C20H22F3N7O3. The molecule has 1 aromatic rings. The molecule has 1 fully saturated rings. The Hall–Kier alpha value is -3.77. The summed E-state index contributed by atoms with van der Waals surface area (Å²) in [5, 5.41) is 9.91. The highest BCUT2D eigenvalue weighted by Gasteiger charge is 2.42. The molecule has 4 amide bonds. The van der Waals surface area contributed by atoms with E-state index in [2.05, 4.69) is 20.9 Å². The zero-order valence-electron chi connectivity index (χ0n) is 17.6. The number of nitrogens with one attached hydrogen (secondary N) is 4. The Bertz CT molecular complexity index is 1020. The second-order valence-electron chi connectivity index (χ2n) is 7.75. The van der Waals surface area contributed by atoms with Gasteiger partial charge in [-0.1, -0.05) is 6.08 Å². The van der Waals surface area contributed by atoms with Crippen LogP contribution in [0.3, 0.4) is 0 Å². The highest BCUT2D eigenvalue weighted by atomic mass is 19.4. The zero-order valence-corrected chi connectivity index (χ0v) is 17.6. The predicted molar refractivity (Wildman–Crippen MR) is 111 cm³/mol. The fourth-order valence-electron chi connectivity index (χ4n) is 3.97. The maximum atomic E-state index is 13.1. The van der Waals surface area contributed by atoms with Crippen molar-refractivity contribution in [2.75, 3.05) is 32.0 Å². The minimum atomic E-state index is -4.53. The molecule has 1 saturated heterocycles. The van der Waals surface area contributed by atoms with Crippen LogP contribution in [0.5, 0.6) is 0 Å². The van der Waals surface area contributed by atoms with E-state index < -0.39 is 30.7 Å². The van der Waals surface area contributed by atoms with Gasteiger partial charge in [-0.05, 0) is 24.6 Å². The lowest BCUT2D eigenvalue weighted by Crippen LogP contribution is -2.56. The molecule has 4 N–H and O–H groups in total. The number of alkyl halides is 3. The molecule has 13 heteroatoms. The Labute approximate surface area is 186 Å². The SMILES string of the molecule is CNC(=O)c1ccc(NC(=O)N2C3=C(C=CC(C(=O)NCC(F)(F)F)N3)N3CC[C@H]2C3)nc1. The molecule has 0 spiro atoms. The monoisotopic (exact) mass is 465 g/mol. The third-order valence-corrected chi connectivity index (χ3v) is 5.54. The first-order valence-corrected chi connectivity index (χ1v) is 10.2. The summed E-state index contributed by atoms with van der Waals surface area (Å²) in [5.41, 5.74) is 1.01. The minimum Gasteiger partial charge on any atom is -0.366 e. The van der Waals surface area contributed by atoms with Gasteiger partial charge >= 0.3 is 12.2 Å². The van der Waals surface area contributed by atoms with E-state index in [9.17, 15) is 27.6 Å². The Morgan fingerprint density at radius 2 is 2.06 bits per heavy atom. The van der Waals surface area contributed by atoms with E-state index in [0.29, 0.717) is 36.6 Å². The second kappa shape index (κ2) is 8.64. The third kappa shape index (κ3) is 4.71. The number of halogens is 3. The molecule has 2 bridgehead atoms. The van der Waals surface area contributed by atoms with Crippen LogP contribution in [0.1, 0.15) is 16.8 Å². The van der Waals surface area contributed by atoms with Crippen LogP contribution in [0.4, 0.5) is 23.8 Å². The van der Waals surface area contributed by atoms with Crippen LogP contribution < -0.4 is 21.3 Å². The molecule has 10 nitrogen and oxygen atoms in total. The minimum absolute atomic E-state index is 0.188. The number of amides is 4. The molecule has 4 rings (SSSR count). The molecule has 0 aliphatic carbocycles. The smallest absolute Gasteiger partial charge is 0.366 e. The highest BCUT2D eigenvalue weighted by Crippen LogP contribution is 2.33. The number of aromatic nitrogens is 1. The number of hydrogen-bond donors (Lipinski definition) is 4. The summed E-state index contributed by atoms with van der Waals surface area (Å²) in [6.07, 6.45) is 0.597. The van der Waals surface area contributed by atoms with Gasteiger partial charge in [-0.3, -0.25) is 19.8 Å². The van der Waals surface area contributed by atoms with Crippen molar-refractivity contribution >= 4 is 23.7 Å². The molecule has 0 radical (unpaired) electrons. The van der Waals surface area contributed by atoms with E-state index in [1.807, 2.05) is 10.2 Å². The van der Waals surface area contributed by atoms with Crippen molar-refractivity contribution in [2.24, 2.45) is 0 Å². The zero-order chi connectivity index (χ0) is 23.8. The molecule has 3 aliphatic rings. The largest absolute Gasteiger partial charge is 0.405 e. The van der Waals surface area contributed by atoms with Crippen molar-refractivity contribution < 1.29 is 27.6 Å². The number of dihydropyridines is 1. The Morgan fingerprint density at radius 3 is 2.73 bits per heavy atom. The number of anilines is 1. The number of urea groups is 1. The summed E-state index contributed by atoms with van der Waals surface area (Å²) < 4.78 is 37.4. The van der Waals surface area contributed by atoms with Gasteiger partial charge in [-0.25, -0.2) is 9.78 Å². The van der Waals surface area contributed by atoms with Gasteiger partial charge in [0.2, 0.25) is 5.91 Å². The summed E-state index contributed by atoms with van der Waals surface area (Å²) in [7, 11) is 1.49. The van der Waals surface area contributed by atoms with Crippen molar-refractivity contribution in [2.45, 2.75) is 24.7 Å². The van der Waals surface area contributed by atoms with Gasteiger partial charge < -0.3 is 20.9 Å². The number of carbonyl (C=O) groups excluding carboxylic acids is 3. The number of fused-ring (bicyclic) bond motifs is 3. The predicted octanol–water partition coefficient (Wildman–Crippen LogP) is 0.739. The number of hydrogen-bond acceptors (Lipinski definition) is 6. The third-order valence-electron chi connectivity index (χ3n) is 5.54. The second-order valence-corrected chi connectivity index (χ2v) is 7.75. The first kappa shape index (κ1) is 22.4. The van der Waals surface area contributed by atoms with Gasteiger partial charge in [0.1, 0.15) is 24.2 Å². The van der Waals surface area contributed by atoms with Gasteiger partial charge in [-0.15, -0.1) is 0 Å². The quantitative estimate of drug-likeness (QED) is 0.521. The Balaban J connectivity index is 1.50. The lowest BCUT2D eigenvalue weighted by Gasteiger charge is -2.40. The van der Waals surface area contributed by atoms with E-state index in [-0.39, 0.29) is 17.8 Å². The van der Waals surface area contributed by atoms with Crippen LogP contribution in [0, 0.1) is 0 Å². The van der Waals surface area contributed by atoms with Gasteiger partial charge in [0.05, 0.1) is 17.3 Å². The van der Waals surface area contributed by atoms with Gasteiger partial charge in [0.25, 0.3) is 5.91 Å². The summed E-state index contributed by atoms with van der Waals surface area (Å²) >= 11 is 0.